The lowest BCUT2D eigenvalue weighted by atomic mass is 9.99. The van der Waals surface area contributed by atoms with Gasteiger partial charge in [0.15, 0.2) is 0 Å². The first-order chi connectivity index (χ1) is 8.15. The molecule has 102 valence electrons. The minimum Gasteiger partial charge on any atom is -0.313 e. The molecule has 0 aliphatic carbocycles. The van der Waals surface area contributed by atoms with Gasteiger partial charge in [0.2, 0.25) is 0 Å². The van der Waals surface area contributed by atoms with Crippen LogP contribution in [0.15, 0.2) is 0 Å². The molecule has 3 heteroatoms. The number of rotatable bonds is 7. The van der Waals surface area contributed by atoms with Gasteiger partial charge in [-0.25, -0.2) is 0 Å². The van der Waals surface area contributed by atoms with E-state index in [2.05, 4.69) is 56.5 Å². The topological polar surface area (TPSA) is 12.0 Å². The first-order valence-corrected chi connectivity index (χ1v) is 9.21. The molecule has 1 saturated heterocycles. The van der Waals surface area contributed by atoms with E-state index >= 15 is 0 Å². The van der Waals surface area contributed by atoms with Crippen LogP contribution in [-0.4, -0.2) is 34.6 Å². The zero-order valence-corrected chi connectivity index (χ0v) is 13.5. The molecule has 0 aromatic carbocycles. The second-order valence-corrected chi connectivity index (χ2v) is 8.21. The second-order valence-electron chi connectivity index (χ2n) is 5.44. The Morgan fingerprint density at radius 3 is 2.47 bits per heavy atom. The van der Waals surface area contributed by atoms with Crippen LogP contribution in [0.5, 0.6) is 0 Å². The van der Waals surface area contributed by atoms with E-state index in [1.165, 1.54) is 37.3 Å². The van der Waals surface area contributed by atoms with Crippen molar-refractivity contribution in [1.82, 2.24) is 5.32 Å². The minimum atomic E-state index is 0.727. The molecule has 17 heavy (non-hydrogen) atoms. The second kappa shape index (κ2) is 8.71. The molecule has 1 N–H and O–H groups in total. The third kappa shape index (κ3) is 5.89. The standard InChI is InChI=1S/C14H29NS2/c1-5-8-15-13(7-6-11(2)3)14-12(4)16-9-10-17-14/h11-15H,5-10H2,1-4H3. The molecule has 1 fully saturated rings. The van der Waals surface area contributed by atoms with Crippen molar-refractivity contribution in [3.63, 3.8) is 0 Å². The first-order valence-electron chi connectivity index (χ1n) is 7.11. The molecule has 0 radical (unpaired) electrons. The lowest BCUT2D eigenvalue weighted by Gasteiger charge is -2.35. The lowest BCUT2D eigenvalue weighted by Crippen LogP contribution is -2.44. The fourth-order valence-electron chi connectivity index (χ4n) is 2.32. The Bertz CT molecular complexity index is 197. The van der Waals surface area contributed by atoms with E-state index in [1.54, 1.807) is 0 Å². The number of thioether (sulfide) groups is 2. The average Bonchev–Trinajstić information content (AvgIpc) is 2.30. The van der Waals surface area contributed by atoms with Crippen LogP contribution >= 0.6 is 23.5 Å². The van der Waals surface area contributed by atoms with Crippen molar-refractivity contribution >= 4 is 23.5 Å². The summed E-state index contributed by atoms with van der Waals surface area (Å²) in [7, 11) is 0. The predicted molar refractivity (Wildman–Crippen MR) is 84.3 cm³/mol. The van der Waals surface area contributed by atoms with Gasteiger partial charge in [-0.1, -0.05) is 27.7 Å². The van der Waals surface area contributed by atoms with Crippen molar-refractivity contribution in [1.29, 1.82) is 0 Å². The Balaban J connectivity index is 2.47. The highest BCUT2D eigenvalue weighted by molar-refractivity contribution is 8.07. The molecule has 0 aromatic rings. The quantitative estimate of drug-likeness (QED) is 0.753. The van der Waals surface area contributed by atoms with E-state index < -0.39 is 0 Å². The smallest absolute Gasteiger partial charge is 0.0317 e. The molecule has 1 aliphatic rings. The molecule has 1 heterocycles. The van der Waals surface area contributed by atoms with Crippen LogP contribution in [0.25, 0.3) is 0 Å². The molecule has 0 spiro atoms. The number of nitrogens with one attached hydrogen (secondary N) is 1. The van der Waals surface area contributed by atoms with Gasteiger partial charge >= 0.3 is 0 Å². The monoisotopic (exact) mass is 275 g/mol. The summed E-state index contributed by atoms with van der Waals surface area (Å²) in [6.07, 6.45) is 3.95. The summed E-state index contributed by atoms with van der Waals surface area (Å²) in [5.74, 6) is 3.51. The summed E-state index contributed by atoms with van der Waals surface area (Å²) in [4.78, 5) is 0. The highest BCUT2D eigenvalue weighted by Gasteiger charge is 2.29. The van der Waals surface area contributed by atoms with Gasteiger partial charge in [-0.05, 0) is 31.7 Å². The largest absolute Gasteiger partial charge is 0.313 e. The van der Waals surface area contributed by atoms with Crippen LogP contribution in [-0.2, 0) is 0 Å². The van der Waals surface area contributed by atoms with Crippen molar-refractivity contribution in [2.45, 2.75) is 63.5 Å². The maximum atomic E-state index is 3.79. The van der Waals surface area contributed by atoms with Gasteiger partial charge in [-0.2, -0.15) is 23.5 Å². The molecule has 1 rings (SSSR count). The SMILES string of the molecule is CCCNC(CCC(C)C)C1SCCSC1C. The molecule has 0 bridgehead atoms. The highest BCUT2D eigenvalue weighted by atomic mass is 32.2. The summed E-state index contributed by atoms with van der Waals surface area (Å²) in [6.45, 7) is 10.5. The third-order valence-corrected chi connectivity index (χ3v) is 6.60. The van der Waals surface area contributed by atoms with E-state index in [0.29, 0.717) is 0 Å². The molecule has 0 saturated carbocycles. The Labute approximate surface area is 116 Å². The lowest BCUT2D eigenvalue weighted by molar-refractivity contribution is 0.417. The van der Waals surface area contributed by atoms with Gasteiger partial charge in [0.1, 0.15) is 0 Å². The van der Waals surface area contributed by atoms with Crippen LogP contribution in [0, 0.1) is 5.92 Å². The summed E-state index contributed by atoms with van der Waals surface area (Å²) in [6, 6.07) is 0.727. The van der Waals surface area contributed by atoms with Crippen LogP contribution < -0.4 is 5.32 Å². The van der Waals surface area contributed by atoms with Gasteiger partial charge in [0.25, 0.3) is 0 Å². The van der Waals surface area contributed by atoms with E-state index in [9.17, 15) is 0 Å². The van der Waals surface area contributed by atoms with Crippen LogP contribution in [0.2, 0.25) is 0 Å². The molecule has 0 aromatic heterocycles. The maximum Gasteiger partial charge on any atom is 0.0317 e. The molecule has 3 atom stereocenters. The van der Waals surface area contributed by atoms with E-state index in [-0.39, 0.29) is 0 Å². The van der Waals surface area contributed by atoms with Gasteiger partial charge in [-0.15, -0.1) is 0 Å². The Morgan fingerprint density at radius 2 is 1.88 bits per heavy atom. The molecular formula is C14H29NS2. The fraction of sp³-hybridized carbons (Fsp3) is 1.00. The van der Waals surface area contributed by atoms with Crippen LogP contribution in [0.3, 0.4) is 0 Å². The van der Waals surface area contributed by atoms with Crippen molar-refractivity contribution in [3.8, 4) is 0 Å². The van der Waals surface area contributed by atoms with Gasteiger partial charge < -0.3 is 5.32 Å². The maximum absolute atomic E-state index is 3.79. The van der Waals surface area contributed by atoms with Gasteiger partial charge in [0.05, 0.1) is 0 Å². The Kier molecular flexibility index (Phi) is 8.05. The fourth-order valence-corrected chi connectivity index (χ4v) is 5.32. The van der Waals surface area contributed by atoms with Crippen molar-refractivity contribution in [2.75, 3.05) is 18.1 Å². The number of hydrogen-bond donors (Lipinski definition) is 1. The van der Waals surface area contributed by atoms with Crippen molar-refractivity contribution < 1.29 is 0 Å². The molecular weight excluding hydrogens is 246 g/mol. The van der Waals surface area contributed by atoms with Crippen LogP contribution in [0.1, 0.15) is 47.0 Å². The molecule has 0 amide bonds. The van der Waals surface area contributed by atoms with Gasteiger partial charge in [-0.3, -0.25) is 0 Å². The summed E-state index contributed by atoms with van der Waals surface area (Å²) >= 11 is 4.36. The normalized spacial score (nSPS) is 27.4. The van der Waals surface area contributed by atoms with Crippen molar-refractivity contribution in [2.24, 2.45) is 5.92 Å². The first kappa shape index (κ1) is 15.7. The Hall–Kier alpha value is 0.660. The Morgan fingerprint density at radius 1 is 1.18 bits per heavy atom. The van der Waals surface area contributed by atoms with E-state index in [1.807, 2.05) is 0 Å². The van der Waals surface area contributed by atoms with E-state index in [0.717, 1.165) is 22.5 Å². The minimum absolute atomic E-state index is 0.727. The third-order valence-electron chi connectivity index (χ3n) is 3.35. The zero-order valence-electron chi connectivity index (χ0n) is 11.9. The molecule has 1 nitrogen and oxygen atoms in total. The predicted octanol–water partition coefficient (Wildman–Crippen LogP) is 4.03. The molecule has 3 unspecified atom stereocenters. The average molecular weight is 276 g/mol. The summed E-state index contributed by atoms with van der Waals surface area (Å²) in [5.41, 5.74) is 0. The van der Waals surface area contributed by atoms with E-state index in [4.69, 9.17) is 0 Å². The highest BCUT2D eigenvalue weighted by Crippen LogP contribution is 2.34. The van der Waals surface area contributed by atoms with Gasteiger partial charge in [0, 0.05) is 28.0 Å². The van der Waals surface area contributed by atoms with Crippen LogP contribution in [0.4, 0.5) is 0 Å². The summed E-state index contributed by atoms with van der Waals surface area (Å²) < 4.78 is 0. The summed E-state index contributed by atoms with van der Waals surface area (Å²) in [5, 5.41) is 5.42. The zero-order chi connectivity index (χ0) is 12.7. The molecule has 1 aliphatic heterocycles. The van der Waals surface area contributed by atoms with Crippen molar-refractivity contribution in [3.05, 3.63) is 0 Å². The number of hydrogen-bond acceptors (Lipinski definition) is 3.